The molecule has 3 fully saturated rings. The topological polar surface area (TPSA) is 41.6 Å². The van der Waals surface area contributed by atoms with Gasteiger partial charge in [0.2, 0.25) is 0 Å². The highest BCUT2D eigenvalue weighted by Gasteiger charge is 2.35. The molecule has 130 valence electrons. The van der Waals surface area contributed by atoms with Gasteiger partial charge in [0.1, 0.15) is 0 Å². The largest absolute Gasteiger partial charge is 0.381 e. The lowest BCUT2D eigenvalue weighted by molar-refractivity contribution is 0.167. The number of nitrogens with zero attached hydrogens (tertiary/aromatic N) is 1. The summed E-state index contributed by atoms with van der Waals surface area (Å²) in [6.45, 7) is 2.45. The van der Waals surface area contributed by atoms with Gasteiger partial charge >= 0.3 is 6.03 Å². The Bertz CT molecular complexity index is 582. The normalized spacial score (nSPS) is 24.2. The van der Waals surface area contributed by atoms with Crippen LogP contribution in [0.2, 0.25) is 0 Å². The van der Waals surface area contributed by atoms with Crippen molar-refractivity contribution in [1.29, 1.82) is 0 Å². The zero-order chi connectivity index (χ0) is 16.4. The number of ether oxygens (including phenoxy) is 1. The van der Waals surface area contributed by atoms with E-state index in [1.807, 2.05) is 34.5 Å². The van der Waals surface area contributed by atoms with Crippen LogP contribution < -0.4 is 5.32 Å². The summed E-state index contributed by atoms with van der Waals surface area (Å²) in [5.74, 6) is 2.92. The van der Waals surface area contributed by atoms with Crippen LogP contribution in [0.1, 0.15) is 29.4 Å². The van der Waals surface area contributed by atoms with Crippen LogP contribution in [0, 0.1) is 5.92 Å². The molecule has 1 unspecified atom stereocenters. The monoisotopic (exact) mass is 364 g/mol. The first-order valence-corrected chi connectivity index (χ1v) is 10.9. The number of thioether (sulfide) groups is 2. The van der Waals surface area contributed by atoms with E-state index in [1.165, 1.54) is 17.1 Å². The second-order valence-corrected chi connectivity index (χ2v) is 9.47. The van der Waals surface area contributed by atoms with Crippen molar-refractivity contribution in [3.63, 3.8) is 0 Å². The molecule has 24 heavy (non-hydrogen) atoms. The van der Waals surface area contributed by atoms with Gasteiger partial charge in [-0.25, -0.2) is 4.79 Å². The van der Waals surface area contributed by atoms with Gasteiger partial charge in [-0.1, -0.05) is 12.1 Å². The zero-order valence-electron chi connectivity index (χ0n) is 13.8. The van der Waals surface area contributed by atoms with Gasteiger partial charge < -0.3 is 15.0 Å². The molecule has 2 saturated heterocycles. The smallest absolute Gasteiger partial charge is 0.322 e. The maximum Gasteiger partial charge on any atom is 0.322 e. The molecule has 6 heteroatoms. The molecule has 2 amide bonds. The number of amides is 2. The van der Waals surface area contributed by atoms with Gasteiger partial charge in [-0.3, -0.25) is 0 Å². The maximum atomic E-state index is 12.8. The van der Waals surface area contributed by atoms with Crippen LogP contribution in [-0.4, -0.2) is 48.2 Å². The summed E-state index contributed by atoms with van der Waals surface area (Å²) in [7, 11) is 0. The first kappa shape index (κ1) is 16.6. The van der Waals surface area contributed by atoms with Crippen molar-refractivity contribution < 1.29 is 9.53 Å². The Morgan fingerprint density at radius 1 is 1.25 bits per heavy atom. The first-order valence-electron chi connectivity index (χ1n) is 8.78. The minimum Gasteiger partial charge on any atom is -0.381 e. The average molecular weight is 365 g/mol. The van der Waals surface area contributed by atoms with Crippen LogP contribution in [0.3, 0.4) is 0 Å². The van der Waals surface area contributed by atoms with Crippen LogP contribution in [0.5, 0.6) is 0 Å². The molecular weight excluding hydrogens is 340 g/mol. The second-order valence-electron chi connectivity index (χ2n) is 6.74. The Morgan fingerprint density at radius 2 is 2.08 bits per heavy atom. The van der Waals surface area contributed by atoms with Crippen LogP contribution >= 0.6 is 23.5 Å². The number of carbonyl (C=O) groups excluding carboxylic acids is 1. The second kappa shape index (κ2) is 7.58. The van der Waals surface area contributed by atoms with Gasteiger partial charge in [0, 0.05) is 42.3 Å². The number of carbonyl (C=O) groups is 1. The molecule has 0 bridgehead atoms. The molecule has 3 aliphatic rings. The van der Waals surface area contributed by atoms with E-state index in [0.717, 1.165) is 44.7 Å². The summed E-state index contributed by atoms with van der Waals surface area (Å²) in [6, 6.07) is 8.83. The SMILES string of the molecule is O=C(Nc1cccc(C2SCCS2)c1)N(CC1CCOC1)C1CC1. The third kappa shape index (κ3) is 4.03. The summed E-state index contributed by atoms with van der Waals surface area (Å²) >= 11 is 3.98. The number of anilines is 1. The van der Waals surface area contributed by atoms with E-state index in [0.29, 0.717) is 16.5 Å². The van der Waals surface area contributed by atoms with Gasteiger partial charge in [0.15, 0.2) is 0 Å². The van der Waals surface area contributed by atoms with Crippen molar-refractivity contribution in [2.24, 2.45) is 5.92 Å². The van der Waals surface area contributed by atoms with Crippen molar-refractivity contribution >= 4 is 35.2 Å². The lowest BCUT2D eigenvalue weighted by Crippen LogP contribution is -2.40. The number of benzene rings is 1. The lowest BCUT2D eigenvalue weighted by Gasteiger charge is -2.25. The number of hydrogen-bond donors (Lipinski definition) is 1. The molecule has 4 nitrogen and oxygen atoms in total. The van der Waals surface area contributed by atoms with E-state index >= 15 is 0 Å². The molecule has 0 spiro atoms. The van der Waals surface area contributed by atoms with Gasteiger partial charge in [0.05, 0.1) is 11.2 Å². The summed E-state index contributed by atoms with van der Waals surface area (Å²) in [6.07, 6.45) is 3.34. The molecule has 1 atom stereocenters. The third-order valence-corrected chi connectivity index (χ3v) is 7.86. The lowest BCUT2D eigenvalue weighted by atomic mass is 10.1. The van der Waals surface area contributed by atoms with Crippen LogP contribution in [-0.2, 0) is 4.74 Å². The molecule has 1 N–H and O–H groups in total. The fraction of sp³-hybridized carbons (Fsp3) is 0.611. The molecule has 0 radical (unpaired) electrons. The predicted octanol–water partition coefficient (Wildman–Crippen LogP) is 4.20. The Hall–Kier alpha value is -0.850. The van der Waals surface area contributed by atoms with Crippen LogP contribution in [0.15, 0.2) is 24.3 Å². The number of hydrogen-bond acceptors (Lipinski definition) is 4. The van der Waals surface area contributed by atoms with Gasteiger partial charge in [-0.05, 0) is 37.0 Å². The van der Waals surface area contributed by atoms with Crippen molar-refractivity contribution in [1.82, 2.24) is 4.90 Å². The summed E-state index contributed by atoms with van der Waals surface area (Å²) in [5.41, 5.74) is 2.22. The highest BCUT2D eigenvalue weighted by atomic mass is 32.2. The Kier molecular flexibility index (Phi) is 5.25. The minimum absolute atomic E-state index is 0.0493. The molecule has 1 aromatic rings. The Morgan fingerprint density at radius 3 is 2.79 bits per heavy atom. The minimum atomic E-state index is 0.0493. The Labute approximate surface area is 152 Å². The number of urea groups is 1. The summed E-state index contributed by atoms with van der Waals surface area (Å²) in [4.78, 5) is 14.8. The molecule has 1 aliphatic carbocycles. The summed E-state index contributed by atoms with van der Waals surface area (Å²) in [5, 5.41) is 3.13. The molecule has 2 heterocycles. The van der Waals surface area contributed by atoms with Crippen LogP contribution in [0.4, 0.5) is 10.5 Å². The van der Waals surface area contributed by atoms with Crippen molar-refractivity contribution in [3.8, 4) is 0 Å². The van der Waals surface area contributed by atoms with Gasteiger partial charge in [-0.2, -0.15) is 0 Å². The van der Waals surface area contributed by atoms with E-state index in [4.69, 9.17) is 4.74 Å². The van der Waals surface area contributed by atoms with E-state index in [9.17, 15) is 4.79 Å². The molecular formula is C18H24N2O2S2. The molecule has 1 aromatic carbocycles. The molecule has 0 aromatic heterocycles. The van der Waals surface area contributed by atoms with Crippen LogP contribution in [0.25, 0.3) is 0 Å². The zero-order valence-corrected chi connectivity index (χ0v) is 15.4. The predicted molar refractivity (Wildman–Crippen MR) is 102 cm³/mol. The molecule has 4 rings (SSSR count). The van der Waals surface area contributed by atoms with Crippen molar-refractivity contribution in [3.05, 3.63) is 29.8 Å². The summed E-state index contributed by atoms with van der Waals surface area (Å²) < 4.78 is 5.98. The van der Waals surface area contributed by atoms with E-state index in [1.54, 1.807) is 0 Å². The number of nitrogens with one attached hydrogen (secondary N) is 1. The Balaban J connectivity index is 1.41. The quantitative estimate of drug-likeness (QED) is 0.850. The average Bonchev–Trinajstić information content (AvgIpc) is 3.08. The van der Waals surface area contributed by atoms with Gasteiger partial charge in [-0.15, -0.1) is 23.5 Å². The first-order chi connectivity index (χ1) is 11.8. The van der Waals surface area contributed by atoms with E-state index in [-0.39, 0.29) is 6.03 Å². The molecule has 1 saturated carbocycles. The maximum absolute atomic E-state index is 12.8. The fourth-order valence-corrected chi connectivity index (χ4v) is 6.14. The van der Waals surface area contributed by atoms with E-state index < -0.39 is 0 Å². The van der Waals surface area contributed by atoms with Crippen molar-refractivity contribution in [2.45, 2.75) is 29.9 Å². The highest BCUT2D eigenvalue weighted by Crippen LogP contribution is 2.45. The number of rotatable bonds is 5. The standard InChI is InChI=1S/C18H24N2O2S2/c21-18(20(16-4-5-16)11-13-6-7-22-12-13)19-15-3-1-2-14(10-15)17-23-8-9-24-17/h1-3,10,13,16-17H,4-9,11-12H2,(H,19,21). The fourth-order valence-electron chi connectivity index (χ4n) is 3.30. The molecule has 2 aliphatic heterocycles. The van der Waals surface area contributed by atoms with Gasteiger partial charge in [0.25, 0.3) is 0 Å². The third-order valence-electron chi connectivity index (χ3n) is 4.76. The van der Waals surface area contributed by atoms with Crippen molar-refractivity contribution in [2.75, 3.05) is 36.6 Å². The van der Waals surface area contributed by atoms with E-state index in [2.05, 4.69) is 23.5 Å². The highest BCUT2D eigenvalue weighted by molar-refractivity contribution is 8.19.